The summed E-state index contributed by atoms with van der Waals surface area (Å²) in [7, 11) is 0. The van der Waals surface area contributed by atoms with E-state index in [0.717, 1.165) is 16.0 Å². The number of ether oxygens (including phenoxy) is 1. The molecule has 0 aliphatic carbocycles. The summed E-state index contributed by atoms with van der Waals surface area (Å²) in [6.45, 7) is 3.62. The number of thiophene rings is 1. The standard InChI is InChI=1S/C15H15F3O2S/c1-10-7-8-21-13(10)14(2,19)9-11-3-5-12(6-4-11)20-15(16,17)18/h3-8,19H,9H2,1-2H3. The number of aryl methyl sites for hydroxylation is 1. The van der Waals surface area contributed by atoms with E-state index in [9.17, 15) is 18.3 Å². The first kappa shape index (κ1) is 15.9. The highest BCUT2D eigenvalue weighted by Crippen LogP contribution is 2.32. The number of rotatable bonds is 4. The third kappa shape index (κ3) is 4.22. The Kier molecular flexibility index (Phi) is 4.30. The lowest BCUT2D eigenvalue weighted by atomic mass is 9.93. The van der Waals surface area contributed by atoms with E-state index >= 15 is 0 Å². The summed E-state index contributed by atoms with van der Waals surface area (Å²) in [4.78, 5) is 0.859. The van der Waals surface area contributed by atoms with Crippen molar-refractivity contribution in [2.75, 3.05) is 0 Å². The lowest BCUT2D eigenvalue weighted by molar-refractivity contribution is -0.274. The average molecular weight is 316 g/mol. The monoisotopic (exact) mass is 316 g/mol. The molecule has 0 saturated heterocycles. The average Bonchev–Trinajstić information content (AvgIpc) is 2.77. The van der Waals surface area contributed by atoms with Gasteiger partial charge in [-0.15, -0.1) is 24.5 Å². The van der Waals surface area contributed by atoms with Gasteiger partial charge in [-0.05, 0) is 48.6 Å². The van der Waals surface area contributed by atoms with Crippen LogP contribution < -0.4 is 4.74 Å². The lowest BCUT2D eigenvalue weighted by Gasteiger charge is -2.23. The van der Waals surface area contributed by atoms with Gasteiger partial charge in [0.2, 0.25) is 0 Å². The van der Waals surface area contributed by atoms with Crippen LogP contribution in [-0.2, 0) is 12.0 Å². The zero-order chi connectivity index (χ0) is 15.7. The summed E-state index contributed by atoms with van der Waals surface area (Å²) in [5, 5.41) is 12.5. The van der Waals surface area contributed by atoms with Gasteiger partial charge < -0.3 is 9.84 Å². The van der Waals surface area contributed by atoms with Crippen LogP contribution in [0.2, 0.25) is 0 Å². The van der Waals surface area contributed by atoms with E-state index in [1.54, 1.807) is 6.92 Å². The lowest BCUT2D eigenvalue weighted by Crippen LogP contribution is -2.23. The highest BCUT2D eigenvalue weighted by molar-refractivity contribution is 7.10. The molecule has 0 saturated carbocycles. The molecule has 0 aliphatic rings. The Balaban J connectivity index is 2.12. The van der Waals surface area contributed by atoms with Crippen molar-refractivity contribution in [2.24, 2.45) is 0 Å². The summed E-state index contributed by atoms with van der Waals surface area (Å²) >= 11 is 1.46. The Hall–Kier alpha value is -1.53. The van der Waals surface area contributed by atoms with Crippen LogP contribution in [0.15, 0.2) is 35.7 Å². The van der Waals surface area contributed by atoms with Crippen molar-refractivity contribution in [3.8, 4) is 5.75 Å². The van der Waals surface area contributed by atoms with E-state index in [4.69, 9.17) is 0 Å². The van der Waals surface area contributed by atoms with Gasteiger partial charge in [-0.3, -0.25) is 0 Å². The largest absolute Gasteiger partial charge is 0.573 e. The molecule has 21 heavy (non-hydrogen) atoms. The second-order valence-electron chi connectivity index (χ2n) is 5.08. The van der Waals surface area contributed by atoms with Gasteiger partial charge >= 0.3 is 6.36 Å². The fraction of sp³-hybridized carbons (Fsp3) is 0.333. The number of aliphatic hydroxyl groups is 1. The van der Waals surface area contributed by atoms with Crippen LogP contribution in [0.5, 0.6) is 5.75 Å². The molecule has 0 fully saturated rings. The Morgan fingerprint density at radius 1 is 1.14 bits per heavy atom. The molecule has 2 rings (SSSR count). The molecular weight excluding hydrogens is 301 g/mol. The van der Waals surface area contributed by atoms with E-state index in [1.165, 1.54) is 35.6 Å². The first-order valence-corrected chi connectivity index (χ1v) is 7.17. The van der Waals surface area contributed by atoms with Crippen molar-refractivity contribution in [1.29, 1.82) is 0 Å². The van der Waals surface area contributed by atoms with Gasteiger partial charge in [-0.1, -0.05) is 12.1 Å². The van der Waals surface area contributed by atoms with E-state index in [2.05, 4.69) is 4.74 Å². The maximum Gasteiger partial charge on any atom is 0.573 e. The third-order valence-corrected chi connectivity index (χ3v) is 4.33. The number of alkyl halides is 3. The maximum absolute atomic E-state index is 12.1. The SMILES string of the molecule is Cc1ccsc1C(C)(O)Cc1ccc(OC(F)(F)F)cc1. The van der Waals surface area contributed by atoms with Gasteiger partial charge in [0.05, 0.1) is 0 Å². The van der Waals surface area contributed by atoms with Crippen molar-refractivity contribution in [1.82, 2.24) is 0 Å². The first-order chi connectivity index (χ1) is 9.67. The minimum Gasteiger partial charge on any atom is -0.406 e. The van der Waals surface area contributed by atoms with Gasteiger partial charge in [0.15, 0.2) is 0 Å². The number of halogens is 3. The Morgan fingerprint density at radius 2 is 1.76 bits per heavy atom. The minimum atomic E-state index is -4.69. The molecule has 1 aromatic heterocycles. The molecule has 0 bridgehead atoms. The zero-order valence-corrected chi connectivity index (χ0v) is 12.4. The smallest absolute Gasteiger partial charge is 0.406 e. The Morgan fingerprint density at radius 3 is 2.24 bits per heavy atom. The molecule has 0 spiro atoms. The highest BCUT2D eigenvalue weighted by atomic mass is 32.1. The predicted molar refractivity (Wildman–Crippen MR) is 75.5 cm³/mol. The predicted octanol–water partition coefficient (Wildman–Crippen LogP) is 4.41. The fourth-order valence-electron chi connectivity index (χ4n) is 2.21. The van der Waals surface area contributed by atoms with E-state index in [0.29, 0.717) is 6.42 Å². The summed E-state index contributed by atoms with van der Waals surface area (Å²) in [5.41, 5.74) is 0.689. The fourth-order valence-corrected chi connectivity index (χ4v) is 3.20. The molecule has 1 aromatic carbocycles. The molecule has 0 amide bonds. The van der Waals surface area contributed by atoms with E-state index in [1.807, 2.05) is 18.4 Å². The van der Waals surface area contributed by atoms with Gasteiger partial charge in [0.25, 0.3) is 0 Å². The van der Waals surface area contributed by atoms with E-state index < -0.39 is 12.0 Å². The number of hydrogen-bond donors (Lipinski definition) is 1. The molecule has 1 atom stereocenters. The van der Waals surface area contributed by atoms with Crippen molar-refractivity contribution in [3.63, 3.8) is 0 Å². The van der Waals surface area contributed by atoms with Crippen LogP contribution in [0.1, 0.15) is 22.9 Å². The normalized spacial score (nSPS) is 14.8. The van der Waals surface area contributed by atoms with Crippen LogP contribution in [-0.4, -0.2) is 11.5 Å². The van der Waals surface area contributed by atoms with Crippen LogP contribution in [0.25, 0.3) is 0 Å². The van der Waals surface area contributed by atoms with Crippen molar-refractivity contribution >= 4 is 11.3 Å². The molecule has 1 heterocycles. The molecule has 6 heteroatoms. The molecular formula is C15H15F3O2S. The Bertz CT molecular complexity index is 600. The summed E-state index contributed by atoms with van der Waals surface area (Å²) in [6.07, 6.45) is -4.37. The highest BCUT2D eigenvalue weighted by Gasteiger charge is 2.31. The number of hydrogen-bond acceptors (Lipinski definition) is 3. The van der Waals surface area contributed by atoms with Crippen molar-refractivity contribution in [3.05, 3.63) is 51.7 Å². The molecule has 1 unspecified atom stereocenters. The topological polar surface area (TPSA) is 29.5 Å². The summed E-state index contributed by atoms with van der Waals surface area (Å²) in [5.74, 6) is -0.266. The second-order valence-corrected chi connectivity index (χ2v) is 5.99. The molecule has 0 aliphatic heterocycles. The first-order valence-electron chi connectivity index (χ1n) is 6.29. The maximum atomic E-state index is 12.1. The number of benzene rings is 1. The third-order valence-electron chi connectivity index (χ3n) is 3.06. The van der Waals surface area contributed by atoms with Gasteiger partial charge in [-0.25, -0.2) is 0 Å². The molecule has 2 nitrogen and oxygen atoms in total. The van der Waals surface area contributed by atoms with Crippen LogP contribution in [0, 0.1) is 6.92 Å². The molecule has 2 aromatic rings. The molecule has 0 radical (unpaired) electrons. The Labute approximate surface area is 124 Å². The quantitative estimate of drug-likeness (QED) is 0.905. The molecule has 114 valence electrons. The van der Waals surface area contributed by atoms with Crippen molar-refractivity contribution in [2.45, 2.75) is 32.2 Å². The van der Waals surface area contributed by atoms with Crippen molar-refractivity contribution < 1.29 is 23.0 Å². The summed E-state index contributed by atoms with van der Waals surface area (Å²) in [6, 6.07) is 7.48. The van der Waals surface area contributed by atoms with Crippen LogP contribution in [0.3, 0.4) is 0 Å². The van der Waals surface area contributed by atoms with E-state index in [-0.39, 0.29) is 5.75 Å². The van der Waals surface area contributed by atoms with Gasteiger partial charge in [0, 0.05) is 11.3 Å². The zero-order valence-electron chi connectivity index (χ0n) is 11.6. The summed E-state index contributed by atoms with van der Waals surface area (Å²) < 4.78 is 40.1. The van der Waals surface area contributed by atoms with Crippen LogP contribution >= 0.6 is 11.3 Å². The minimum absolute atomic E-state index is 0.266. The van der Waals surface area contributed by atoms with Gasteiger partial charge in [-0.2, -0.15) is 0 Å². The molecule has 1 N–H and O–H groups in total. The van der Waals surface area contributed by atoms with Gasteiger partial charge in [0.1, 0.15) is 11.4 Å². The van der Waals surface area contributed by atoms with Crippen LogP contribution in [0.4, 0.5) is 13.2 Å². The second kappa shape index (κ2) is 5.69.